The Morgan fingerprint density at radius 3 is 2.56 bits per heavy atom. The van der Waals surface area contributed by atoms with Gasteiger partial charge < -0.3 is 5.32 Å². The number of carbonyl (C=O) groups excluding carboxylic acids is 1. The topological polar surface area (TPSA) is 90.5 Å². The molecule has 4 heterocycles. The zero-order valence-corrected chi connectivity index (χ0v) is 17.5. The van der Waals surface area contributed by atoms with Gasteiger partial charge >= 0.3 is 6.18 Å². The summed E-state index contributed by atoms with van der Waals surface area (Å²) in [5, 5.41) is 10.2. The van der Waals surface area contributed by atoms with Crippen LogP contribution in [0.25, 0.3) is 16.9 Å². The summed E-state index contributed by atoms with van der Waals surface area (Å²) in [5.74, 6) is -1.16. The third-order valence-corrected chi connectivity index (χ3v) is 4.86. The maximum Gasteiger partial charge on any atom is 0.434 e. The maximum atomic E-state index is 13.8. The second-order valence-electron chi connectivity index (χ2n) is 6.81. The van der Waals surface area contributed by atoms with Crippen molar-refractivity contribution in [2.75, 3.05) is 5.32 Å². The molecule has 0 radical (unpaired) electrons. The smallest absolute Gasteiger partial charge is 0.306 e. The summed E-state index contributed by atoms with van der Waals surface area (Å²) < 4.78 is 43.6. The van der Waals surface area contributed by atoms with E-state index in [1.807, 2.05) is 0 Å². The quantitative estimate of drug-likeness (QED) is 0.489. The number of nitrogens with zero attached hydrogens (tertiary/aromatic N) is 6. The maximum absolute atomic E-state index is 13.8. The highest BCUT2D eigenvalue weighted by atomic mass is 35.5. The van der Waals surface area contributed by atoms with Gasteiger partial charge in [0, 0.05) is 36.3 Å². The van der Waals surface area contributed by atoms with Crippen LogP contribution >= 0.6 is 11.6 Å². The van der Waals surface area contributed by atoms with Gasteiger partial charge in [-0.2, -0.15) is 23.4 Å². The molecule has 0 aromatic carbocycles. The van der Waals surface area contributed by atoms with Crippen molar-refractivity contribution in [3.05, 3.63) is 71.0 Å². The van der Waals surface area contributed by atoms with Gasteiger partial charge in [-0.05, 0) is 31.2 Å². The van der Waals surface area contributed by atoms with E-state index in [1.54, 1.807) is 37.1 Å². The van der Waals surface area contributed by atoms with Crippen molar-refractivity contribution in [2.24, 2.45) is 7.05 Å². The summed E-state index contributed by atoms with van der Waals surface area (Å²) in [6.45, 7) is 1.72. The highest BCUT2D eigenvalue weighted by Gasteiger charge is 2.41. The number of alkyl halides is 3. The lowest BCUT2D eigenvalue weighted by molar-refractivity contribution is -0.143. The van der Waals surface area contributed by atoms with Crippen LogP contribution in [-0.2, 0) is 13.2 Å². The average molecular weight is 462 g/mol. The van der Waals surface area contributed by atoms with E-state index >= 15 is 0 Å². The number of rotatable bonds is 4. The van der Waals surface area contributed by atoms with Gasteiger partial charge in [0.15, 0.2) is 11.5 Å². The van der Waals surface area contributed by atoms with Gasteiger partial charge in [0.05, 0.1) is 23.0 Å². The van der Waals surface area contributed by atoms with E-state index in [1.165, 1.54) is 24.4 Å². The third-order valence-electron chi connectivity index (χ3n) is 4.57. The second kappa shape index (κ2) is 8.08. The zero-order chi connectivity index (χ0) is 23.0. The number of nitrogens with one attached hydrogen (secondary N) is 1. The summed E-state index contributed by atoms with van der Waals surface area (Å²) in [6, 6.07) is 6.05. The molecule has 164 valence electrons. The minimum Gasteiger partial charge on any atom is -0.306 e. The molecule has 0 saturated heterocycles. The second-order valence-corrected chi connectivity index (χ2v) is 7.22. The number of hydrogen-bond donors (Lipinski definition) is 1. The molecule has 32 heavy (non-hydrogen) atoms. The van der Waals surface area contributed by atoms with Crippen LogP contribution in [0.3, 0.4) is 0 Å². The van der Waals surface area contributed by atoms with Crippen LogP contribution in [0.15, 0.2) is 49.1 Å². The summed E-state index contributed by atoms with van der Waals surface area (Å²) in [5.41, 5.74) is 0.199. The van der Waals surface area contributed by atoms with Crippen LogP contribution in [0.2, 0.25) is 5.02 Å². The van der Waals surface area contributed by atoms with E-state index in [0.717, 1.165) is 17.3 Å². The Hall–Kier alpha value is -3.73. The first-order valence-corrected chi connectivity index (χ1v) is 9.57. The highest BCUT2D eigenvalue weighted by Crippen LogP contribution is 2.35. The van der Waals surface area contributed by atoms with E-state index in [2.05, 4.69) is 25.5 Å². The van der Waals surface area contributed by atoms with E-state index in [4.69, 9.17) is 11.6 Å². The Labute approximate surface area is 184 Å². The minimum atomic E-state index is -4.89. The number of hydrogen-bond acceptors (Lipinski definition) is 5. The van der Waals surface area contributed by atoms with Gasteiger partial charge in [0.25, 0.3) is 5.91 Å². The van der Waals surface area contributed by atoms with Crippen LogP contribution in [0.4, 0.5) is 19.0 Å². The molecule has 12 heteroatoms. The number of aryl methyl sites for hydroxylation is 2. The molecule has 4 aromatic rings. The molecule has 0 saturated carbocycles. The Kier molecular flexibility index (Phi) is 5.43. The molecule has 0 aliphatic heterocycles. The van der Waals surface area contributed by atoms with Gasteiger partial charge in [-0.25, -0.2) is 14.6 Å². The van der Waals surface area contributed by atoms with Crippen molar-refractivity contribution >= 4 is 23.3 Å². The van der Waals surface area contributed by atoms with Crippen LogP contribution in [0, 0.1) is 6.92 Å². The van der Waals surface area contributed by atoms with Gasteiger partial charge in [0.2, 0.25) is 0 Å². The normalized spacial score (nSPS) is 11.6. The van der Waals surface area contributed by atoms with Gasteiger partial charge in [0.1, 0.15) is 5.82 Å². The number of amides is 1. The molecular weight excluding hydrogens is 447 g/mol. The first-order chi connectivity index (χ1) is 15.1. The fraction of sp³-hybridized carbons (Fsp3) is 0.150. The van der Waals surface area contributed by atoms with E-state index in [-0.39, 0.29) is 16.7 Å². The van der Waals surface area contributed by atoms with Gasteiger partial charge in [-0.1, -0.05) is 11.6 Å². The van der Waals surface area contributed by atoms with E-state index in [9.17, 15) is 18.0 Å². The predicted molar refractivity (Wildman–Crippen MR) is 111 cm³/mol. The van der Waals surface area contributed by atoms with Gasteiger partial charge in [-0.3, -0.25) is 9.48 Å². The fourth-order valence-corrected chi connectivity index (χ4v) is 3.36. The average Bonchev–Trinajstić information content (AvgIpc) is 3.35. The molecule has 4 rings (SSSR count). The Morgan fingerprint density at radius 1 is 1.16 bits per heavy atom. The number of halogens is 4. The first kappa shape index (κ1) is 21.5. The van der Waals surface area contributed by atoms with Crippen molar-refractivity contribution in [3.8, 4) is 16.9 Å². The number of aromatic nitrogens is 6. The molecule has 0 atom stereocenters. The molecule has 0 aliphatic rings. The zero-order valence-electron chi connectivity index (χ0n) is 16.7. The van der Waals surface area contributed by atoms with Crippen molar-refractivity contribution in [1.82, 2.24) is 29.5 Å². The van der Waals surface area contributed by atoms with Crippen molar-refractivity contribution in [3.63, 3.8) is 0 Å². The van der Waals surface area contributed by atoms with Crippen LogP contribution in [0.5, 0.6) is 0 Å². The molecule has 0 unspecified atom stereocenters. The molecular formula is C20H15ClF3N7O. The number of anilines is 1. The van der Waals surface area contributed by atoms with Crippen LogP contribution in [-0.4, -0.2) is 35.4 Å². The van der Waals surface area contributed by atoms with Crippen molar-refractivity contribution in [2.45, 2.75) is 13.1 Å². The standard InChI is InChI=1S/C20H15ClF3N7O/c1-11-13(12-8-26-30(2)10-12)5-6-16(28-11)29-19(32)14-9-27-31(17(14)20(22,23)24)18-15(21)4-3-7-25-18/h3-10H,1-2H3,(H,28,29,32). The molecule has 1 amide bonds. The predicted octanol–water partition coefficient (Wildman–Crippen LogP) is 4.30. The molecule has 0 bridgehead atoms. The van der Waals surface area contributed by atoms with Crippen LogP contribution in [0.1, 0.15) is 21.7 Å². The van der Waals surface area contributed by atoms with Gasteiger partial charge in [-0.15, -0.1) is 0 Å². The molecule has 4 aromatic heterocycles. The molecule has 1 N–H and O–H groups in total. The Bertz CT molecular complexity index is 1310. The lowest BCUT2D eigenvalue weighted by atomic mass is 10.1. The molecule has 0 spiro atoms. The monoisotopic (exact) mass is 461 g/mol. The summed E-state index contributed by atoms with van der Waals surface area (Å²) in [4.78, 5) is 20.8. The third kappa shape index (κ3) is 4.06. The SMILES string of the molecule is Cc1nc(NC(=O)c2cnn(-c3ncccc3Cl)c2C(F)(F)F)ccc1-c1cnn(C)c1. The lowest BCUT2D eigenvalue weighted by Crippen LogP contribution is -2.21. The first-order valence-electron chi connectivity index (χ1n) is 9.19. The Morgan fingerprint density at radius 2 is 1.94 bits per heavy atom. The fourth-order valence-electron chi connectivity index (χ4n) is 3.16. The highest BCUT2D eigenvalue weighted by molar-refractivity contribution is 6.32. The largest absolute Gasteiger partial charge is 0.434 e. The van der Waals surface area contributed by atoms with E-state index in [0.29, 0.717) is 10.4 Å². The minimum absolute atomic E-state index is 0.0451. The number of pyridine rings is 2. The lowest BCUT2D eigenvalue weighted by Gasteiger charge is -2.13. The summed E-state index contributed by atoms with van der Waals surface area (Å²) >= 11 is 5.98. The molecule has 0 aliphatic carbocycles. The molecule has 0 fully saturated rings. The van der Waals surface area contributed by atoms with Crippen molar-refractivity contribution in [1.29, 1.82) is 0 Å². The number of carbonyl (C=O) groups is 1. The van der Waals surface area contributed by atoms with E-state index < -0.39 is 23.3 Å². The summed E-state index contributed by atoms with van der Waals surface area (Å²) in [6.07, 6.45) is 0.668. The van der Waals surface area contributed by atoms with Crippen molar-refractivity contribution < 1.29 is 18.0 Å². The molecule has 8 nitrogen and oxygen atoms in total. The summed E-state index contributed by atoms with van der Waals surface area (Å²) in [7, 11) is 1.78. The van der Waals surface area contributed by atoms with Crippen LogP contribution < -0.4 is 5.32 Å². The Balaban J connectivity index is 1.67.